The predicted octanol–water partition coefficient (Wildman–Crippen LogP) is 5.77. The highest BCUT2D eigenvalue weighted by Crippen LogP contribution is 2.29. The maximum atomic E-state index is 13.9. The molecule has 0 unspecified atom stereocenters. The lowest BCUT2D eigenvalue weighted by Gasteiger charge is -2.10. The molecule has 0 radical (unpaired) electrons. The van der Waals surface area contributed by atoms with E-state index in [0.29, 0.717) is 19.9 Å². The Hall–Kier alpha value is -0.120. The van der Waals surface area contributed by atoms with Crippen LogP contribution in [0.5, 0.6) is 0 Å². The number of alkyl halides is 1. The fraction of sp³-hybridized carbons (Fsp3) is 0.0714. The second-order valence-corrected chi connectivity index (χ2v) is 7.38. The maximum absolute atomic E-state index is 13.9. The van der Waals surface area contributed by atoms with E-state index in [1.165, 1.54) is 6.07 Å². The standard InChI is InChI=1S/C14H7Cl2FI2N2/c15-6-14-20-11-5-9(18)8(17)4-13(11)21(14)12-2-1-7(16)3-10(12)19/h1-5H,6H2. The number of hydrogen-bond acceptors (Lipinski definition) is 1. The van der Waals surface area contributed by atoms with E-state index in [9.17, 15) is 4.39 Å². The first-order valence-corrected chi connectivity index (χ1v) is 8.96. The highest BCUT2D eigenvalue weighted by Gasteiger charge is 2.16. The zero-order valence-electron chi connectivity index (χ0n) is 10.4. The van der Waals surface area contributed by atoms with Crippen molar-refractivity contribution in [2.45, 2.75) is 5.88 Å². The molecule has 3 aromatic rings. The van der Waals surface area contributed by atoms with Crippen molar-refractivity contribution in [1.82, 2.24) is 9.55 Å². The van der Waals surface area contributed by atoms with Gasteiger partial charge in [-0.2, -0.15) is 0 Å². The van der Waals surface area contributed by atoms with Crippen LogP contribution in [-0.2, 0) is 5.88 Å². The van der Waals surface area contributed by atoms with E-state index in [0.717, 1.165) is 14.8 Å². The topological polar surface area (TPSA) is 17.8 Å². The van der Waals surface area contributed by atoms with E-state index in [-0.39, 0.29) is 11.7 Å². The van der Waals surface area contributed by atoms with Gasteiger partial charge in [-0.1, -0.05) is 11.6 Å². The minimum absolute atomic E-state index is 0.242. The molecule has 7 heteroatoms. The summed E-state index contributed by atoms with van der Waals surface area (Å²) in [4.78, 5) is 4.50. The van der Waals surface area contributed by atoms with Crippen LogP contribution in [-0.4, -0.2) is 9.55 Å². The Balaban J connectivity index is 2.37. The average molecular weight is 547 g/mol. The van der Waals surface area contributed by atoms with Crippen molar-refractivity contribution < 1.29 is 4.39 Å². The molecule has 0 fully saturated rings. The summed E-state index contributed by atoms with van der Waals surface area (Å²) in [6.45, 7) is 0. The number of rotatable bonds is 2. The van der Waals surface area contributed by atoms with Crippen LogP contribution in [0.2, 0.25) is 5.02 Å². The second kappa shape index (κ2) is 6.17. The Bertz CT molecular complexity index is 849. The number of fused-ring (bicyclic) bond motifs is 1. The highest BCUT2D eigenvalue weighted by molar-refractivity contribution is 14.1. The molecule has 1 heterocycles. The van der Waals surface area contributed by atoms with Crippen LogP contribution in [0.15, 0.2) is 30.3 Å². The van der Waals surface area contributed by atoms with Gasteiger partial charge in [0, 0.05) is 14.7 Å². The molecule has 21 heavy (non-hydrogen) atoms. The van der Waals surface area contributed by atoms with Gasteiger partial charge in [0.1, 0.15) is 11.6 Å². The number of aromatic nitrogens is 2. The summed E-state index contributed by atoms with van der Waals surface area (Å²) >= 11 is 16.2. The van der Waals surface area contributed by atoms with Crippen LogP contribution in [0, 0.1) is 13.0 Å². The van der Waals surface area contributed by atoms with Crippen LogP contribution in [0.3, 0.4) is 0 Å². The van der Waals surface area contributed by atoms with Gasteiger partial charge in [-0.25, -0.2) is 9.37 Å². The lowest BCUT2D eigenvalue weighted by molar-refractivity contribution is 0.622. The van der Waals surface area contributed by atoms with E-state index >= 15 is 0 Å². The molecule has 0 amide bonds. The fourth-order valence-corrected chi connectivity index (χ4v) is 3.89. The monoisotopic (exact) mass is 546 g/mol. The zero-order chi connectivity index (χ0) is 15.1. The summed E-state index contributed by atoms with van der Waals surface area (Å²) in [6.07, 6.45) is 0. The third kappa shape index (κ3) is 2.89. The first-order valence-electron chi connectivity index (χ1n) is 5.89. The first kappa shape index (κ1) is 15.8. The Morgan fingerprint density at radius 3 is 2.57 bits per heavy atom. The molecule has 0 bridgehead atoms. The minimum Gasteiger partial charge on any atom is -0.294 e. The number of nitrogens with zero attached hydrogens (tertiary/aromatic N) is 2. The van der Waals surface area contributed by atoms with Gasteiger partial charge in [0.05, 0.1) is 26.2 Å². The van der Waals surface area contributed by atoms with E-state index in [2.05, 4.69) is 27.6 Å². The molecule has 0 saturated carbocycles. The van der Waals surface area contributed by atoms with Gasteiger partial charge < -0.3 is 0 Å². The smallest absolute Gasteiger partial charge is 0.138 e. The number of benzene rings is 2. The summed E-state index contributed by atoms with van der Waals surface area (Å²) in [5.41, 5.74) is 2.31. The van der Waals surface area contributed by atoms with Gasteiger partial charge in [0.25, 0.3) is 0 Å². The van der Waals surface area contributed by atoms with Crippen molar-refractivity contribution in [2.24, 2.45) is 0 Å². The second-order valence-electron chi connectivity index (χ2n) is 4.35. The quantitative estimate of drug-likeness (QED) is 0.295. The molecule has 0 saturated heterocycles. The number of halogens is 5. The molecule has 1 aromatic heterocycles. The van der Waals surface area contributed by atoms with Crippen LogP contribution in [0.1, 0.15) is 5.82 Å². The average Bonchev–Trinajstić information content (AvgIpc) is 2.77. The Morgan fingerprint density at radius 1 is 1.14 bits per heavy atom. The SMILES string of the molecule is Fc1cc2c(cc1I)nc(CCl)n2-c1ccc(Cl)cc1I. The molecule has 0 aliphatic carbocycles. The predicted molar refractivity (Wildman–Crippen MR) is 101 cm³/mol. The number of hydrogen-bond donors (Lipinski definition) is 0. The van der Waals surface area contributed by atoms with Crippen molar-refractivity contribution >= 4 is 79.4 Å². The normalized spacial score (nSPS) is 11.3. The maximum Gasteiger partial charge on any atom is 0.138 e. The van der Waals surface area contributed by atoms with Gasteiger partial charge in [0.15, 0.2) is 0 Å². The van der Waals surface area contributed by atoms with E-state index < -0.39 is 0 Å². The molecule has 0 atom stereocenters. The van der Waals surface area contributed by atoms with Gasteiger partial charge in [0.2, 0.25) is 0 Å². The van der Waals surface area contributed by atoms with Gasteiger partial charge in [-0.3, -0.25) is 4.57 Å². The molecule has 0 aliphatic heterocycles. The molecule has 0 spiro atoms. The van der Waals surface area contributed by atoms with Gasteiger partial charge in [-0.15, -0.1) is 11.6 Å². The van der Waals surface area contributed by atoms with Crippen molar-refractivity contribution in [3.8, 4) is 5.69 Å². The largest absolute Gasteiger partial charge is 0.294 e. The zero-order valence-corrected chi connectivity index (χ0v) is 16.2. The van der Waals surface area contributed by atoms with Gasteiger partial charge >= 0.3 is 0 Å². The van der Waals surface area contributed by atoms with Crippen LogP contribution in [0.4, 0.5) is 4.39 Å². The molecular weight excluding hydrogens is 540 g/mol. The third-order valence-corrected chi connectivity index (χ3v) is 5.20. The highest BCUT2D eigenvalue weighted by atomic mass is 127. The molecular formula is C14H7Cl2FI2N2. The first-order chi connectivity index (χ1) is 10.0. The fourth-order valence-electron chi connectivity index (χ4n) is 2.14. The van der Waals surface area contributed by atoms with E-state index in [1.54, 1.807) is 12.1 Å². The van der Waals surface area contributed by atoms with Crippen molar-refractivity contribution in [3.05, 3.63) is 54.1 Å². The molecule has 3 rings (SSSR count). The molecule has 108 valence electrons. The Kier molecular flexibility index (Phi) is 4.63. The lowest BCUT2D eigenvalue weighted by Crippen LogP contribution is -2.01. The van der Waals surface area contributed by atoms with Gasteiger partial charge in [-0.05, 0) is 69.4 Å². The van der Waals surface area contributed by atoms with E-state index in [1.807, 2.05) is 39.3 Å². The molecule has 2 aromatic carbocycles. The summed E-state index contributed by atoms with van der Waals surface area (Å²) in [7, 11) is 0. The summed E-state index contributed by atoms with van der Waals surface area (Å²) < 4.78 is 17.3. The van der Waals surface area contributed by atoms with Crippen molar-refractivity contribution in [1.29, 1.82) is 0 Å². The van der Waals surface area contributed by atoms with Crippen molar-refractivity contribution in [3.63, 3.8) is 0 Å². The Labute approximate surface area is 157 Å². The third-order valence-electron chi connectivity index (χ3n) is 3.04. The van der Waals surface area contributed by atoms with Crippen molar-refractivity contribution in [2.75, 3.05) is 0 Å². The summed E-state index contributed by atoms with van der Waals surface area (Å²) in [5, 5.41) is 0.653. The van der Waals surface area contributed by atoms with Crippen LogP contribution < -0.4 is 0 Å². The lowest BCUT2D eigenvalue weighted by atomic mass is 10.2. The van der Waals surface area contributed by atoms with Crippen LogP contribution >= 0.6 is 68.4 Å². The van der Waals surface area contributed by atoms with Crippen LogP contribution in [0.25, 0.3) is 16.7 Å². The number of imidazole rings is 1. The van der Waals surface area contributed by atoms with E-state index in [4.69, 9.17) is 23.2 Å². The minimum atomic E-state index is -0.269. The summed E-state index contributed by atoms with van der Waals surface area (Å²) in [5.74, 6) is 0.647. The molecule has 0 N–H and O–H groups in total. The summed E-state index contributed by atoms with van der Waals surface area (Å²) in [6, 6.07) is 8.75. The molecule has 0 aliphatic rings. The Morgan fingerprint density at radius 2 is 1.90 bits per heavy atom. The molecule has 2 nitrogen and oxygen atoms in total.